The molecule has 0 bridgehead atoms. The van der Waals surface area contributed by atoms with Crippen LogP contribution in [0.15, 0.2) is 59.7 Å². The number of fused-ring (bicyclic) bond motifs is 1. The molecule has 2 aromatic carbocycles. The van der Waals surface area contributed by atoms with Crippen molar-refractivity contribution >= 4 is 16.9 Å². The summed E-state index contributed by atoms with van der Waals surface area (Å²) in [6, 6.07) is 14.7. The zero-order valence-electron chi connectivity index (χ0n) is 16.5. The van der Waals surface area contributed by atoms with Gasteiger partial charge in [-0.15, -0.1) is 0 Å². The number of hydrogen-bond donors (Lipinski definition) is 0. The van der Waals surface area contributed by atoms with Crippen molar-refractivity contribution in [1.82, 2.24) is 9.55 Å². The maximum absolute atomic E-state index is 12.5. The predicted molar refractivity (Wildman–Crippen MR) is 109 cm³/mol. The first-order chi connectivity index (χ1) is 14.1. The molecule has 0 aliphatic carbocycles. The van der Waals surface area contributed by atoms with Crippen molar-refractivity contribution in [3.8, 4) is 5.75 Å². The van der Waals surface area contributed by atoms with E-state index in [1.807, 2.05) is 49.4 Å². The molecule has 29 heavy (non-hydrogen) atoms. The van der Waals surface area contributed by atoms with Gasteiger partial charge in [0.15, 0.2) is 6.10 Å². The Kier molecular flexibility index (Phi) is 6.97. The zero-order chi connectivity index (χ0) is 20.6. The highest BCUT2D eigenvalue weighted by molar-refractivity contribution is 5.77. The molecule has 1 heterocycles. The van der Waals surface area contributed by atoms with Gasteiger partial charge in [0.25, 0.3) is 5.56 Å². The highest BCUT2D eigenvalue weighted by Gasteiger charge is 2.19. The number of ether oxygens (including phenoxy) is 3. The predicted octanol–water partition coefficient (Wildman–Crippen LogP) is 2.60. The first-order valence-corrected chi connectivity index (χ1v) is 9.47. The summed E-state index contributed by atoms with van der Waals surface area (Å²) in [6.07, 6.45) is 1.35. The number of aromatic nitrogens is 2. The van der Waals surface area contributed by atoms with Crippen molar-refractivity contribution in [3.05, 3.63) is 70.8 Å². The van der Waals surface area contributed by atoms with E-state index >= 15 is 0 Å². The van der Waals surface area contributed by atoms with Gasteiger partial charge in [-0.2, -0.15) is 0 Å². The van der Waals surface area contributed by atoms with Crippen LogP contribution in [-0.4, -0.2) is 41.9 Å². The van der Waals surface area contributed by atoms with Gasteiger partial charge in [-0.1, -0.05) is 24.3 Å². The van der Waals surface area contributed by atoms with Crippen molar-refractivity contribution in [3.63, 3.8) is 0 Å². The molecule has 1 atom stereocenters. The van der Waals surface area contributed by atoms with Crippen LogP contribution in [0.2, 0.25) is 0 Å². The number of nitrogens with zero attached hydrogens (tertiary/aromatic N) is 2. The van der Waals surface area contributed by atoms with E-state index in [-0.39, 0.29) is 11.5 Å². The fourth-order valence-electron chi connectivity index (χ4n) is 3.01. The van der Waals surface area contributed by atoms with Gasteiger partial charge >= 0.3 is 5.97 Å². The van der Waals surface area contributed by atoms with Gasteiger partial charge in [0.2, 0.25) is 0 Å². The van der Waals surface area contributed by atoms with Gasteiger partial charge in [0.05, 0.1) is 30.9 Å². The Morgan fingerprint density at radius 3 is 2.62 bits per heavy atom. The summed E-state index contributed by atoms with van der Waals surface area (Å²) in [5, 5.41) is 0.591. The Morgan fingerprint density at radius 1 is 1.14 bits per heavy atom. The molecule has 3 aromatic rings. The Hall–Kier alpha value is -3.19. The monoisotopic (exact) mass is 396 g/mol. The molecule has 152 valence electrons. The van der Waals surface area contributed by atoms with E-state index in [2.05, 4.69) is 4.98 Å². The van der Waals surface area contributed by atoms with Crippen LogP contribution in [0.25, 0.3) is 10.9 Å². The first-order valence-electron chi connectivity index (χ1n) is 9.47. The average Bonchev–Trinajstić information content (AvgIpc) is 2.76. The van der Waals surface area contributed by atoms with Crippen molar-refractivity contribution in [2.75, 3.05) is 20.3 Å². The number of benzene rings is 2. The molecule has 0 aliphatic rings. The largest absolute Gasteiger partial charge is 0.492 e. The van der Waals surface area contributed by atoms with E-state index in [1.165, 1.54) is 13.4 Å². The number of methoxy groups -OCH3 is 1. The Bertz CT molecular complexity index is 1010. The average molecular weight is 396 g/mol. The van der Waals surface area contributed by atoms with Gasteiger partial charge in [0, 0.05) is 13.0 Å². The van der Waals surface area contributed by atoms with Crippen LogP contribution < -0.4 is 10.3 Å². The third-order valence-corrected chi connectivity index (χ3v) is 4.51. The number of carbonyl (C=O) groups is 1. The van der Waals surface area contributed by atoms with Crippen molar-refractivity contribution in [2.45, 2.75) is 26.0 Å². The van der Waals surface area contributed by atoms with Crippen molar-refractivity contribution in [1.29, 1.82) is 0 Å². The molecule has 3 rings (SSSR count). The molecule has 1 unspecified atom stereocenters. The van der Waals surface area contributed by atoms with Gasteiger partial charge in [-0.3, -0.25) is 9.36 Å². The highest BCUT2D eigenvalue weighted by Crippen LogP contribution is 2.15. The Balaban J connectivity index is 1.57. The lowest BCUT2D eigenvalue weighted by molar-refractivity contribution is -0.153. The molecule has 0 fully saturated rings. The van der Waals surface area contributed by atoms with Gasteiger partial charge in [-0.25, -0.2) is 9.78 Å². The minimum Gasteiger partial charge on any atom is -0.492 e. The number of hydrogen-bond acceptors (Lipinski definition) is 6. The molecule has 7 heteroatoms. The van der Waals surface area contributed by atoms with Crippen LogP contribution in [0.1, 0.15) is 12.5 Å². The SMILES string of the molecule is CCOC(Cc1ccc(OCCn2cnc3ccccc3c2=O)cc1)C(=O)OC. The van der Waals surface area contributed by atoms with E-state index < -0.39 is 6.10 Å². The number of para-hydroxylation sites is 1. The van der Waals surface area contributed by atoms with Gasteiger partial charge < -0.3 is 14.2 Å². The van der Waals surface area contributed by atoms with E-state index in [0.29, 0.717) is 42.8 Å². The molecule has 0 saturated heterocycles. The van der Waals surface area contributed by atoms with Crippen LogP contribution in [0.4, 0.5) is 0 Å². The Labute approximate surface area is 168 Å². The minimum absolute atomic E-state index is 0.0840. The fourth-order valence-corrected chi connectivity index (χ4v) is 3.01. The molecule has 0 amide bonds. The molecule has 0 spiro atoms. The molecule has 0 aliphatic heterocycles. The normalized spacial score (nSPS) is 11.9. The second kappa shape index (κ2) is 9.84. The minimum atomic E-state index is -0.621. The number of carbonyl (C=O) groups excluding carboxylic acids is 1. The third kappa shape index (κ3) is 5.20. The van der Waals surface area contributed by atoms with E-state index in [0.717, 1.165) is 5.56 Å². The summed E-state index contributed by atoms with van der Waals surface area (Å²) in [7, 11) is 1.35. The van der Waals surface area contributed by atoms with Crippen LogP contribution in [0, 0.1) is 0 Å². The smallest absolute Gasteiger partial charge is 0.335 e. The van der Waals surface area contributed by atoms with Crippen molar-refractivity contribution < 1.29 is 19.0 Å². The molecule has 0 N–H and O–H groups in total. The molecule has 7 nitrogen and oxygen atoms in total. The van der Waals surface area contributed by atoms with Gasteiger partial charge in [-0.05, 0) is 36.8 Å². The number of rotatable bonds is 9. The van der Waals surface area contributed by atoms with Crippen LogP contribution >= 0.6 is 0 Å². The summed E-state index contributed by atoms with van der Waals surface area (Å²) in [5.41, 5.74) is 1.54. The molecule has 1 aromatic heterocycles. The Morgan fingerprint density at radius 2 is 1.90 bits per heavy atom. The van der Waals surface area contributed by atoms with Crippen LogP contribution in [-0.2, 0) is 27.2 Å². The maximum Gasteiger partial charge on any atom is 0.335 e. The second-order valence-corrected chi connectivity index (χ2v) is 6.42. The van der Waals surface area contributed by atoms with Crippen LogP contribution in [0.5, 0.6) is 5.75 Å². The zero-order valence-corrected chi connectivity index (χ0v) is 16.5. The third-order valence-electron chi connectivity index (χ3n) is 4.51. The standard InChI is InChI=1S/C22H24N2O5/c1-3-28-20(22(26)27-2)14-16-8-10-17(11-9-16)29-13-12-24-15-23-19-7-5-4-6-18(19)21(24)25/h4-11,15,20H,3,12-14H2,1-2H3. The summed E-state index contributed by atoms with van der Waals surface area (Å²) in [5.74, 6) is 0.295. The summed E-state index contributed by atoms with van der Waals surface area (Å²) in [4.78, 5) is 28.5. The topological polar surface area (TPSA) is 79.7 Å². The summed E-state index contributed by atoms with van der Waals surface area (Å²) in [6.45, 7) is 3.00. The first kappa shape index (κ1) is 20.5. The van der Waals surface area contributed by atoms with Crippen molar-refractivity contribution in [2.24, 2.45) is 0 Å². The maximum atomic E-state index is 12.5. The molecular weight excluding hydrogens is 372 g/mol. The van der Waals surface area contributed by atoms with E-state index in [1.54, 1.807) is 10.6 Å². The molecular formula is C22H24N2O5. The fraction of sp³-hybridized carbons (Fsp3) is 0.318. The quantitative estimate of drug-likeness (QED) is 0.517. The second-order valence-electron chi connectivity index (χ2n) is 6.42. The van der Waals surface area contributed by atoms with Gasteiger partial charge in [0.1, 0.15) is 12.4 Å². The lowest BCUT2D eigenvalue weighted by Crippen LogP contribution is -2.28. The lowest BCUT2D eigenvalue weighted by Gasteiger charge is -2.15. The summed E-state index contributed by atoms with van der Waals surface area (Å²) >= 11 is 0. The molecule has 0 saturated carbocycles. The van der Waals surface area contributed by atoms with E-state index in [4.69, 9.17) is 14.2 Å². The highest BCUT2D eigenvalue weighted by atomic mass is 16.6. The number of esters is 1. The van der Waals surface area contributed by atoms with Crippen LogP contribution in [0.3, 0.4) is 0 Å². The molecule has 0 radical (unpaired) electrons. The van der Waals surface area contributed by atoms with E-state index in [9.17, 15) is 9.59 Å². The lowest BCUT2D eigenvalue weighted by atomic mass is 10.1. The summed E-state index contributed by atoms with van der Waals surface area (Å²) < 4.78 is 17.5.